The smallest absolute Gasteiger partial charge is 0.336 e. The van der Waals surface area contributed by atoms with Crippen molar-refractivity contribution in [2.45, 2.75) is 0 Å². The molecule has 0 unspecified atom stereocenters. The fourth-order valence-electron chi connectivity index (χ4n) is 1.91. The van der Waals surface area contributed by atoms with Gasteiger partial charge in [0.25, 0.3) is 0 Å². The van der Waals surface area contributed by atoms with Crippen molar-refractivity contribution in [1.82, 2.24) is 0 Å². The Morgan fingerprint density at radius 2 is 1.58 bits per heavy atom. The van der Waals surface area contributed by atoms with E-state index in [1.807, 2.05) is 0 Å². The standard InChI is InChI=1S/C17H8O2/c1-4-11-7-14-9-12(5-2)13(6-3)10-15(14)16(8-11)17(18)19/h1-3,7-10H,(H,18,19). The van der Waals surface area contributed by atoms with Crippen molar-refractivity contribution < 1.29 is 9.90 Å². The van der Waals surface area contributed by atoms with Gasteiger partial charge >= 0.3 is 5.97 Å². The minimum Gasteiger partial charge on any atom is -0.478 e. The van der Waals surface area contributed by atoms with Gasteiger partial charge in [0.2, 0.25) is 0 Å². The molecule has 1 N–H and O–H groups in total. The second-order valence-electron chi connectivity index (χ2n) is 3.88. The van der Waals surface area contributed by atoms with Crippen molar-refractivity contribution in [3.8, 4) is 37.0 Å². The molecule has 0 aliphatic carbocycles. The molecule has 2 heteroatoms. The van der Waals surface area contributed by atoms with Gasteiger partial charge in [-0.05, 0) is 35.0 Å². The Balaban J connectivity index is 2.97. The van der Waals surface area contributed by atoms with E-state index in [1.54, 1.807) is 18.2 Å². The van der Waals surface area contributed by atoms with Crippen LogP contribution in [-0.4, -0.2) is 11.1 Å². The van der Waals surface area contributed by atoms with E-state index in [9.17, 15) is 9.90 Å². The van der Waals surface area contributed by atoms with Crippen LogP contribution in [0.5, 0.6) is 0 Å². The lowest BCUT2D eigenvalue weighted by Gasteiger charge is -2.07. The molecular weight excluding hydrogens is 236 g/mol. The first-order chi connectivity index (χ1) is 9.10. The van der Waals surface area contributed by atoms with Gasteiger partial charge in [0.15, 0.2) is 0 Å². The van der Waals surface area contributed by atoms with E-state index in [2.05, 4.69) is 17.8 Å². The Labute approximate surface area is 111 Å². The average Bonchev–Trinajstić information content (AvgIpc) is 2.44. The van der Waals surface area contributed by atoms with Crippen molar-refractivity contribution in [3.05, 3.63) is 46.5 Å². The maximum absolute atomic E-state index is 11.3. The lowest BCUT2D eigenvalue weighted by atomic mass is 9.96. The van der Waals surface area contributed by atoms with E-state index in [-0.39, 0.29) is 5.56 Å². The SMILES string of the molecule is C#Cc1cc(C(=O)O)c2cc(C#C)c(C#C)cc2c1. The minimum atomic E-state index is -1.06. The number of hydrogen-bond acceptors (Lipinski definition) is 1. The average molecular weight is 244 g/mol. The number of aromatic carboxylic acids is 1. The summed E-state index contributed by atoms with van der Waals surface area (Å²) in [5.74, 6) is 6.31. The van der Waals surface area contributed by atoms with Gasteiger partial charge in [0.1, 0.15) is 0 Å². The van der Waals surface area contributed by atoms with Gasteiger partial charge in [-0.3, -0.25) is 0 Å². The van der Waals surface area contributed by atoms with E-state index >= 15 is 0 Å². The van der Waals surface area contributed by atoms with Crippen LogP contribution in [0.3, 0.4) is 0 Å². The van der Waals surface area contributed by atoms with Crippen LogP contribution in [0.2, 0.25) is 0 Å². The number of terminal acetylenes is 3. The molecule has 0 aliphatic heterocycles. The first kappa shape index (κ1) is 12.3. The van der Waals surface area contributed by atoms with Crippen LogP contribution in [0.1, 0.15) is 27.0 Å². The van der Waals surface area contributed by atoms with Gasteiger partial charge in [0, 0.05) is 16.7 Å². The van der Waals surface area contributed by atoms with Gasteiger partial charge in [-0.25, -0.2) is 4.79 Å². The van der Waals surface area contributed by atoms with Crippen LogP contribution in [0, 0.1) is 37.0 Å². The molecule has 0 spiro atoms. The Bertz CT molecular complexity index is 821. The highest BCUT2D eigenvalue weighted by atomic mass is 16.4. The largest absolute Gasteiger partial charge is 0.478 e. The first-order valence-corrected chi connectivity index (χ1v) is 5.35. The van der Waals surface area contributed by atoms with Crippen molar-refractivity contribution in [3.63, 3.8) is 0 Å². The Hall–Kier alpha value is -3.15. The van der Waals surface area contributed by atoms with E-state index in [0.29, 0.717) is 27.5 Å². The fraction of sp³-hybridized carbons (Fsp3) is 0. The number of rotatable bonds is 1. The third-order valence-electron chi connectivity index (χ3n) is 2.80. The second-order valence-corrected chi connectivity index (χ2v) is 3.88. The van der Waals surface area contributed by atoms with Crippen LogP contribution in [-0.2, 0) is 0 Å². The molecule has 0 heterocycles. The highest BCUT2D eigenvalue weighted by molar-refractivity contribution is 6.05. The Morgan fingerprint density at radius 1 is 0.947 bits per heavy atom. The maximum atomic E-state index is 11.3. The zero-order valence-electron chi connectivity index (χ0n) is 9.90. The highest BCUT2D eigenvalue weighted by Gasteiger charge is 2.12. The van der Waals surface area contributed by atoms with Crippen LogP contribution in [0.15, 0.2) is 24.3 Å². The molecule has 0 radical (unpaired) electrons. The van der Waals surface area contributed by atoms with Gasteiger partial charge < -0.3 is 5.11 Å². The number of hydrogen-bond donors (Lipinski definition) is 1. The fourth-order valence-corrected chi connectivity index (χ4v) is 1.91. The number of carboxylic acid groups (broad SMARTS) is 1. The molecule has 19 heavy (non-hydrogen) atoms. The summed E-state index contributed by atoms with van der Waals surface area (Å²) in [7, 11) is 0. The van der Waals surface area contributed by atoms with Crippen molar-refractivity contribution in [1.29, 1.82) is 0 Å². The number of carbonyl (C=O) groups is 1. The molecule has 2 aromatic rings. The van der Waals surface area contributed by atoms with Crippen LogP contribution >= 0.6 is 0 Å². The topological polar surface area (TPSA) is 37.3 Å². The molecule has 2 rings (SSSR count). The van der Waals surface area contributed by atoms with Crippen LogP contribution in [0.4, 0.5) is 0 Å². The summed E-state index contributed by atoms with van der Waals surface area (Å²) < 4.78 is 0. The van der Waals surface area contributed by atoms with Crippen LogP contribution < -0.4 is 0 Å². The Morgan fingerprint density at radius 3 is 2.11 bits per heavy atom. The molecular formula is C17H8O2. The monoisotopic (exact) mass is 244 g/mol. The first-order valence-electron chi connectivity index (χ1n) is 5.35. The summed E-state index contributed by atoms with van der Waals surface area (Å²) in [6.07, 6.45) is 16.1. The molecule has 0 atom stereocenters. The molecule has 0 aliphatic rings. The number of fused-ring (bicyclic) bond motifs is 1. The van der Waals surface area contributed by atoms with E-state index in [1.165, 1.54) is 6.07 Å². The van der Waals surface area contributed by atoms with Crippen LogP contribution in [0.25, 0.3) is 10.8 Å². The summed E-state index contributed by atoms with van der Waals surface area (Å²) in [5, 5.41) is 10.4. The van der Waals surface area contributed by atoms with E-state index in [4.69, 9.17) is 19.3 Å². The predicted octanol–water partition coefficient (Wildman–Crippen LogP) is 2.48. The predicted molar refractivity (Wildman–Crippen MR) is 74.7 cm³/mol. The lowest BCUT2D eigenvalue weighted by Crippen LogP contribution is -1.99. The summed E-state index contributed by atoms with van der Waals surface area (Å²) in [6, 6.07) is 6.44. The number of benzene rings is 2. The molecule has 2 nitrogen and oxygen atoms in total. The van der Waals surface area contributed by atoms with Gasteiger partial charge in [-0.2, -0.15) is 0 Å². The number of carboxylic acids is 1. The Kier molecular flexibility index (Phi) is 2.99. The van der Waals surface area contributed by atoms with Crippen molar-refractivity contribution in [2.75, 3.05) is 0 Å². The zero-order chi connectivity index (χ0) is 14.0. The highest BCUT2D eigenvalue weighted by Crippen LogP contribution is 2.25. The molecule has 0 aromatic heterocycles. The minimum absolute atomic E-state index is 0.116. The van der Waals surface area contributed by atoms with Gasteiger partial charge in [-0.1, -0.05) is 17.8 Å². The summed E-state index contributed by atoms with van der Waals surface area (Å²) >= 11 is 0. The molecule has 0 saturated heterocycles. The van der Waals surface area contributed by atoms with Gasteiger partial charge in [-0.15, -0.1) is 19.3 Å². The molecule has 88 valence electrons. The molecule has 0 amide bonds. The molecule has 0 fully saturated rings. The van der Waals surface area contributed by atoms with Gasteiger partial charge in [0.05, 0.1) is 5.56 Å². The third-order valence-corrected chi connectivity index (χ3v) is 2.80. The molecule has 2 aromatic carbocycles. The van der Waals surface area contributed by atoms with Crippen molar-refractivity contribution in [2.24, 2.45) is 0 Å². The summed E-state index contributed by atoms with van der Waals surface area (Å²) in [4.78, 5) is 11.3. The molecule has 0 bridgehead atoms. The quantitative estimate of drug-likeness (QED) is 0.782. The van der Waals surface area contributed by atoms with Crippen molar-refractivity contribution >= 4 is 16.7 Å². The third kappa shape index (κ3) is 2.02. The summed E-state index contributed by atoms with van der Waals surface area (Å²) in [5.41, 5.74) is 1.64. The second kappa shape index (κ2) is 4.61. The van der Waals surface area contributed by atoms with E-state index < -0.39 is 5.97 Å². The summed E-state index contributed by atoms with van der Waals surface area (Å²) in [6.45, 7) is 0. The maximum Gasteiger partial charge on any atom is 0.336 e. The zero-order valence-corrected chi connectivity index (χ0v) is 9.90. The van der Waals surface area contributed by atoms with E-state index in [0.717, 1.165) is 0 Å². The molecule has 0 saturated carbocycles. The lowest BCUT2D eigenvalue weighted by molar-refractivity contribution is 0.0699. The normalized spacial score (nSPS) is 9.32.